The largest absolute Gasteiger partial charge is 0.452 e. The fourth-order valence-electron chi connectivity index (χ4n) is 2.21. The molecule has 1 heterocycles. The van der Waals surface area contributed by atoms with Crippen LogP contribution in [0.4, 0.5) is 10.5 Å². The summed E-state index contributed by atoms with van der Waals surface area (Å²) in [4.78, 5) is 36.1. The van der Waals surface area contributed by atoms with Gasteiger partial charge in [-0.05, 0) is 24.6 Å². The van der Waals surface area contributed by atoms with Gasteiger partial charge in [-0.25, -0.2) is 18.0 Å². The molecule has 0 radical (unpaired) electrons. The zero-order chi connectivity index (χ0) is 18.4. The van der Waals surface area contributed by atoms with Crippen LogP contribution in [-0.4, -0.2) is 56.7 Å². The number of sulfonamides is 1. The predicted molar refractivity (Wildman–Crippen MR) is 89.5 cm³/mol. The quantitative estimate of drug-likeness (QED) is 0.677. The van der Waals surface area contributed by atoms with Crippen LogP contribution >= 0.6 is 0 Å². The molecule has 2 N–H and O–H groups in total. The van der Waals surface area contributed by atoms with Gasteiger partial charge in [0.05, 0.1) is 11.3 Å². The molecule has 10 heteroatoms. The molecule has 0 aromatic heterocycles. The maximum absolute atomic E-state index is 12.0. The van der Waals surface area contributed by atoms with Crippen LogP contribution in [0.5, 0.6) is 0 Å². The van der Waals surface area contributed by atoms with Gasteiger partial charge in [-0.1, -0.05) is 13.0 Å². The zero-order valence-electron chi connectivity index (χ0n) is 13.6. The van der Waals surface area contributed by atoms with Crippen LogP contribution in [0.25, 0.3) is 0 Å². The van der Waals surface area contributed by atoms with Crippen molar-refractivity contribution in [2.75, 3.05) is 30.2 Å². The van der Waals surface area contributed by atoms with E-state index < -0.39 is 34.5 Å². The molecule has 0 saturated carbocycles. The van der Waals surface area contributed by atoms with Crippen LogP contribution in [0.15, 0.2) is 24.3 Å². The number of imide groups is 1. The van der Waals surface area contributed by atoms with Gasteiger partial charge in [0.2, 0.25) is 10.0 Å². The minimum absolute atomic E-state index is 0.0337. The van der Waals surface area contributed by atoms with Crippen molar-refractivity contribution in [2.24, 2.45) is 0 Å². The molecule has 9 nitrogen and oxygen atoms in total. The van der Waals surface area contributed by atoms with Gasteiger partial charge in [0.25, 0.3) is 5.91 Å². The van der Waals surface area contributed by atoms with Gasteiger partial charge in [-0.3, -0.25) is 14.4 Å². The molecule has 1 aromatic carbocycles. The number of carbonyl (C=O) groups is 3. The van der Waals surface area contributed by atoms with E-state index in [1.54, 1.807) is 6.92 Å². The molecule has 1 saturated heterocycles. The predicted octanol–water partition coefficient (Wildman–Crippen LogP) is 0.547. The van der Waals surface area contributed by atoms with Crippen molar-refractivity contribution in [2.45, 2.75) is 13.3 Å². The molecule has 3 amide bonds. The summed E-state index contributed by atoms with van der Waals surface area (Å²) in [5.41, 5.74) is 0.323. The average Bonchev–Trinajstić information content (AvgIpc) is 2.98. The standard InChI is InChI=1S/C15H19N3O6S/c1-2-8-25(22,23)17-12-5-3-4-11(9-12)14(20)24-10-13(19)18-7-6-16-15(18)21/h3-5,9,17H,2,6-8,10H2,1H3,(H,16,21). The second-order valence-electron chi connectivity index (χ2n) is 5.36. The number of nitrogens with one attached hydrogen (secondary N) is 2. The lowest BCUT2D eigenvalue weighted by Crippen LogP contribution is -2.37. The molecule has 0 unspecified atom stereocenters. The molecule has 0 aliphatic carbocycles. The smallest absolute Gasteiger partial charge is 0.338 e. The van der Waals surface area contributed by atoms with Crippen molar-refractivity contribution in [3.8, 4) is 0 Å². The van der Waals surface area contributed by atoms with Gasteiger partial charge >= 0.3 is 12.0 Å². The summed E-state index contributed by atoms with van der Waals surface area (Å²) in [6, 6.07) is 5.24. The highest BCUT2D eigenvalue weighted by Gasteiger charge is 2.26. The van der Waals surface area contributed by atoms with E-state index in [0.717, 1.165) is 4.90 Å². The lowest BCUT2D eigenvalue weighted by atomic mass is 10.2. The highest BCUT2D eigenvalue weighted by molar-refractivity contribution is 7.92. The molecule has 2 rings (SSSR count). The van der Waals surface area contributed by atoms with Crippen molar-refractivity contribution < 1.29 is 27.5 Å². The van der Waals surface area contributed by atoms with Crippen LogP contribution in [-0.2, 0) is 19.6 Å². The van der Waals surface area contributed by atoms with Gasteiger partial charge in [-0.15, -0.1) is 0 Å². The summed E-state index contributed by atoms with van der Waals surface area (Å²) in [7, 11) is -3.48. The third-order valence-electron chi connectivity index (χ3n) is 3.33. The summed E-state index contributed by atoms with van der Waals surface area (Å²) in [6.07, 6.45) is 0.462. The molecule has 0 spiro atoms. The minimum Gasteiger partial charge on any atom is -0.452 e. The fraction of sp³-hybridized carbons (Fsp3) is 0.400. The maximum atomic E-state index is 12.0. The van der Waals surface area contributed by atoms with Crippen molar-refractivity contribution in [3.63, 3.8) is 0 Å². The van der Waals surface area contributed by atoms with Gasteiger partial charge in [-0.2, -0.15) is 0 Å². The highest BCUT2D eigenvalue weighted by atomic mass is 32.2. The van der Waals surface area contributed by atoms with Gasteiger partial charge in [0.15, 0.2) is 6.61 Å². The lowest BCUT2D eigenvalue weighted by molar-refractivity contribution is -0.130. The Balaban J connectivity index is 1.96. The average molecular weight is 369 g/mol. The lowest BCUT2D eigenvalue weighted by Gasteiger charge is -2.12. The fourth-order valence-corrected chi connectivity index (χ4v) is 3.33. The first-order chi connectivity index (χ1) is 11.8. The molecule has 1 fully saturated rings. The number of anilines is 1. The molecular weight excluding hydrogens is 350 g/mol. The Morgan fingerprint density at radius 2 is 2.12 bits per heavy atom. The van der Waals surface area contributed by atoms with Gasteiger partial charge in [0.1, 0.15) is 0 Å². The van der Waals surface area contributed by atoms with E-state index in [0.29, 0.717) is 13.0 Å². The summed E-state index contributed by atoms with van der Waals surface area (Å²) >= 11 is 0. The third kappa shape index (κ3) is 5.18. The van der Waals surface area contributed by atoms with Gasteiger partial charge < -0.3 is 10.1 Å². The Labute approximate surface area is 145 Å². The molecule has 1 aromatic rings. The van der Waals surface area contributed by atoms with Crippen molar-refractivity contribution in [3.05, 3.63) is 29.8 Å². The Morgan fingerprint density at radius 3 is 2.76 bits per heavy atom. The minimum atomic E-state index is -3.48. The van der Waals surface area contributed by atoms with Crippen LogP contribution < -0.4 is 10.0 Å². The van der Waals surface area contributed by atoms with Crippen molar-refractivity contribution in [1.82, 2.24) is 10.2 Å². The number of urea groups is 1. The number of ether oxygens (including phenoxy) is 1. The Hall–Kier alpha value is -2.62. The number of rotatable bonds is 7. The Kier molecular flexibility index (Phi) is 5.97. The van der Waals surface area contributed by atoms with E-state index in [-0.39, 0.29) is 23.5 Å². The first-order valence-electron chi connectivity index (χ1n) is 7.68. The number of nitrogens with zero attached hydrogens (tertiary/aromatic N) is 1. The molecule has 1 aliphatic rings. The van der Waals surface area contributed by atoms with E-state index in [1.165, 1.54) is 24.3 Å². The number of benzene rings is 1. The first kappa shape index (κ1) is 18.7. The van der Waals surface area contributed by atoms with E-state index in [1.807, 2.05) is 0 Å². The number of carbonyl (C=O) groups excluding carboxylic acids is 3. The summed E-state index contributed by atoms with van der Waals surface area (Å²) in [6.45, 7) is 1.76. The van der Waals surface area contributed by atoms with Crippen LogP contribution in [0.2, 0.25) is 0 Å². The first-order valence-corrected chi connectivity index (χ1v) is 9.33. The number of hydrogen-bond donors (Lipinski definition) is 2. The number of amides is 3. The molecule has 25 heavy (non-hydrogen) atoms. The van der Waals surface area contributed by atoms with Crippen LogP contribution in [0.3, 0.4) is 0 Å². The normalized spacial score (nSPS) is 14.1. The van der Waals surface area contributed by atoms with E-state index >= 15 is 0 Å². The second kappa shape index (κ2) is 7.97. The second-order valence-corrected chi connectivity index (χ2v) is 7.20. The summed E-state index contributed by atoms with van der Waals surface area (Å²) in [5.74, 6) is -1.44. The van der Waals surface area contributed by atoms with Crippen molar-refractivity contribution >= 4 is 33.6 Å². The molecule has 0 atom stereocenters. The van der Waals surface area contributed by atoms with Crippen LogP contribution in [0.1, 0.15) is 23.7 Å². The van der Waals surface area contributed by atoms with E-state index in [9.17, 15) is 22.8 Å². The van der Waals surface area contributed by atoms with E-state index in [2.05, 4.69) is 10.0 Å². The molecule has 1 aliphatic heterocycles. The molecule has 136 valence electrons. The number of hydrogen-bond acceptors (Lipinski definition) is 6. The maximum Gasteiger partial charge on any atom is 0.338 e. The molecule has 0 bridgehead atoms. The van der Waals surface area contributed by atoms with Crippen LogP contribution in [0, 0.1) is 0 Å². The van der Waals surface area contributed by atoms with Crippen molar-refractivity contribution in [1.29, 1.82) is 0 Å². The molecular formula is C15H19N3O6S. The van der Waals surface area contributed by atoms with Gasteiger partial charge in [0, 0.05) is 18.8 Å². The summed E-state index contributed by atoms with van der Waals surface area (Å²) in [5, 5.41) is 2.47. The van der Waals surface area contributed by atoms with E-state index in [4.69, 9.17) is 4.74 Å². The Morgan fingerprint density at radius 1 is 1.36 bits per heavy atom. The third-order valence-corrected chi connectivity index (χ3v) is 4.82. The zero-order valence-corrected chi connectivity index (χ0v) is 14.5. The topological polar surface area (TPSA) is 122 Å². The Bertz CT molecular complexity index is 777. The number of esters is 1. The SMILES string of the molecule is CCCS(=O)(=O)Nc1cccc(C(=O)OCC(=O)N2CCNC2=O)c1. The monoisotopic (exact) mass is 369 g/mol. The highest BCUT2D eigenvalue weighted by Crippen LogP contribution is 2.14. The summed E-state index contributed by atoms with van der Waals surface area (Å²) < 4.78 is 30.8.